The van der Waals surface area contributed by atoms with Crippen molar-refractivity contribution in [1.29, 1.82) is 0 Å². The summed E-state index contributed by atoms with van der Waals surface area (Å²) in [5.74, 6) is 0.286. The lowest BCUT2D eigenvalue weighted by Crippen LogP contribution is -2.04. The van der Waals surface area contributed by atoms with Crippen molar-refractivity contribution in [3.8, 4) is 0 Å². The molecule has 0 unspecified atom stereocenters. The molecule has 2 rings (SSSR count). The monoisotopic (exact) mass is 310 g/mol. The van der Waals surface area contributed by atoms with Gasteiger partial charge in [-0.3, -0.25) is 4.79 Å². The van der Waals surface area contributed by atoms with Crippen LogP contribution in [0.25, 0.3) is 10.9 Å². The first-order valence-corrected chi connectivity index (χ1v) is 7.63. The minimum absolute atomic E-state index is 0.0280. The van der Waals surface area contributed by atoms with Gasteiger partial charge in [-0.15, -0.1) is 0 Å². The van der Waals surface area contributed by atoms with Gasteiger partial charge >= 0.3 is 5.97 Å². The third-order valence-electron chi connectivity index (χ3n) is 2.59. The van der Waals surface area contributed by atoms with Crippen LogP contribution in [-0.2, 0) is 11.2 Å². The molecule has 0 saturated heterocycles. The molecule has 0 amide bonds. The fourth-order valence-corrected chi connectivity index (χ4v) is 2.74. The highest BCUT2D eigenvalue weighted by Crippen LogP contribution is 2.28. The topological polar surface area (TPSA) is 63.1 Å². The molecule has 1 aromatic carbocycles. The number of carbonyl (C=O) groups is 1. The van der Waals surface area contributed by atoms with Gasteiger partial charge in [-0.1, -0.05) is 37.2 Å². The van der Waals surface area contributed by atoms with Crippen molar-refractivity contribution >= 4 is 40.2 Å². The number of benzene rings is 1. The van der Waals surface area contributed by atoms with Gasteiger partial charge in [-0.05, 0) is 24.1 Å². The number of thioether (sulfide) groups is 1. The van der Waals surface area contributed by atoms with Gasteiger partial charge in [-0.25, -0.2) is 9.97 Å². The van der Waals surface area contributed by atoms with Crippen molar-refractivity contribution in [2.24, 2.45) is 5.92 Å². The normalized spacial score (nSPS) is 11.2. The molecule has 1 aromatic heterocycles. The summed E-state index contributed by atoms with van der Waals surface area (Å²) in [5, 5.41) is 10.9. The number of hydrogen-bond acceptors (Lipinski definition) is 4. The number of rotatable bonds is 5. The van der Waals surface area contributed by atoms with E-state index in [9.17, 15) is 4.79 Å². The van der Waals surface area contributed by atoms with E-state index in [1.165, 1.54) is 11.8 Å². The van der Waals surface area contributed by atoms with Crippen LogP contribution >= 0.6 is 23.4 Å². The molecule has 0 bridgehead atoms. The lowest BCUT2D eigenvalue weighted by atomic mass is 10.1. The second-order valence-corrected chi connectivity index (χ2v) is 6.29. The van der Waals surface area contributed by atoms with Crippen molar-refractivity contribution in [2.75, 3.05) is 5.75 Å². The third-order valence-corrected chi connectivity index (χ3v) is 3.80. The molecule has 106 valence electrons. The first-order chi connectivity index (χ1) is 9.45. The van der Waals surface area contributed by atoms with Crippen LogP contribution in [-0.4, -0.2) is 26.8 Å². The van der Waals surface area contributed by atoms with Crippen molar-refractivity contribution in [2.45, 2.75) is 25.3 Å². The fraction of sp³-hybridized carbons (Fsp3) is 0.357. The van der Waals surface area contributed by atoms with Gasteiger partial charge in [0.05, 0.1) is 11.3 Å². The number of halogens is 1. The maximum Gasteiger partial charge on any atom is 0.313 e. The molecule has 20 heavy (non-hydrogen) atoms. The summed E-state index contributed by atoms with van der Waals surface area (Å²) >= 11 is 7.20. The SMILES string of the molecule is CC(C)Cc1nc(SCC(=O)O)c2cc(Cl)ccc2n1. The second kappa shape index (κ2) is 6.41. The molecule has 0 radical (unpaired) electrons. The van der Waals surface area contributed by atoms with E-state index in [0.717, 1.165) is 23.1 Å². The summed E-state index contributed by atoms with van der Waals surface area (Å²) in [4.78, 5) is 19.7. The molecular weight excluding hydrogens is 296 g/mol. The van der Waals surface area contributed by atoms with Crippen LogP contribution in [0.3, 0.4) is 0 Å². The van der Waals surface area contributed by atoms with Crippen LogP contribution in [0.1, 0.15) is 19.7 Å². The molecule has 1 heterocycles. The zero-order valence-electron chi connectivity index (χ0n) is 11.3. The van der Waals surface area contributed by atoms with Gasteiger partial charge in [0.25, 0.3) is 0 Å². The fourth-order valence-electron chi connectivity index (χ4n) is 1.82. The van der Waals surface area contributed by atoms with Crippen molar-refractivity contribution in [3.05, 3.63) is 29.0 Å². The molecule has 6 heteroatoms. The highest BCUT2D eigenvalue weighted by atomic mass is 35.5. The number of hydrogen-bond donors (Lipinski definition) is 1. The van der Waals surface area contributed by atoms with E-state index in [4.69, 9.17) is 16.7 Å². The highest BCUT2D eigenvalue weighted by molar-refractivity contribution is 8.00. The zero-order chi connectivity index (χ0) is 14.7. The van der Waals surface area contributed by atoms with E-state index in [1.54, 1.807) is 12.1 Å². The number of nitrogens with zero attached hydrogens (tertiary/aromatic N) is 2. The minimum Gasteiger partial charge on any atom is -0.481 e. The van der Waals surface area contributed by atoms with Crippen LogP contribution in [0.5, 0.6) is 0 Å². The van der Waals surface area contributed by atoms with E-state index < -0.39 is 5.97 Å². The second-order valence-electron chi connectivity index (χ2n) is 4.89. The van der Waals surface area contributed by atoms with Crippen LogP contribution in [0, 0.1) is 5.92 Å². The maximum atomic E-state index is 10.7. The summed E-state index contributed by atoms with van der Waals surface area (Å²) < 4.78 is 0. The first kappa shape index (κ1) is 15.1. The summed E-state index contributed by atoms with van der Waals surface area (Å²) in [7, 11) is 0. The first-order valence-electron chi connectivity index (χ1n) is 6.26. The molecule has 0 spiro atoms. The number of carboxylic acid groups (broad SMARTS) is 1. The summed E-state index contributed by atoms with van der Waals surface area (Å²) in [5.41, 5.74) is 0.799. The summed E-state index contributed by atoms with van der Waals surface area (Å²) in [6.45, 7) is 4.19. The third kappa shape index (κ3) is 3.84. The van der Waals surface area contributed by atoms with Gasteiger partial charge in [-0.2, -0.15) is 0 Å². The molecule has 0 aliphatic carbocycles. The van der Waals surface area contributed by atoms with Gasteiger partial charge in [0, 0.05) is 16.8 Å². The molecule has 0 fully saturated rings. The molecule has 1 N–H and O–H groups in total. The molecular formula is C14H15ClN2O2S. The van der Waals surface area contributed by atoms with Crippen LogP contribution in [0.4, 0.5) is 0 Å². The average Bonchev–Trinajstić information content (AvgIpc) is 2.35. The number of aliphatic carboxylic acids is 1. The largest absolute Gasteiger partial charge is 0.481 e. The Balaban J connectivity index is 2.48. The van der Waals surface area contributed by atoms with Gasteiger partial charge < -0.3 is 5.11 Å². The Kier molecular flexibility index (Phi) is 4.83. The Morgan fingerprint density at radius 1 is 1.40 bits per heavy atom. The van der Waals surface area contributed by atoms with E-state index in [-0.39, 0.29) is 5.75 Å². The van der Waals surface area contributed by atoms with Gasteiger partial charge in [0.2, 0.25) is 0 Å². The molecule has 0 aliphatic rings. The zero-order valence-corrected chi connectivity index (χ0v) is 12.8. The van der Waals surface area contributed by atoms with E-state index >= 15 is 0 Å². The maximum absolute atomic E-state index is 10.7. The Labute approximate surface area is 126 Å². The minimum atomic E-state index is -0.866. The summed E-state index contributed by atoms with van der Waals surface area (Å²) in [6.07, 6.45) is 0.763. The average molecular weight is 311 g/mol. The van der Waals surface area contributed by atoms with Gasteiger partial charge in [0.1, 0.15) is 10.9 Å². The molecule has 0 aliphatic heterocycles. The van der Waals surface area contributed by atoms with Crippen molar-refractivity contribution in [3.63, 3.8) is 0 Å². The predicted molar refractivity (Wildman–Crippen MR) is 81.4 cm³/mol. The number of fused-ring (bicyclic) bond motifs is 1. The van der Waals surface area contributed by atoms with Crippen molar-refractivity contribution in [1.82, 2.24) is 9.97 Å². The highest BCUT2D eigenvalue weighted by Gasteiger charge is 2.11. The lowest BCUT2D eigenvalue weighted by molar-refractivity contribution is -0.133. The van der Waals surface area contributed by atoms with Crippen LogP contribution in [0.15, 0.2) is 23.2 Å². The smallest absolute Gasteiger partial charge is 0.313 e. The molecule has 0 saturated carbocycles. The Hall–Kier alpha value is -1.33. The Morgan fingerprint density at radius 3 is 2.80 bits per heavy atom. The molecule has 4 nitrogen and oxygen atoms in total. The van der Waals surface area contributed by atoms with Gasteiger partial charge in [0.15, 0.2) is 0 Å². The van der Waals surface area contributed by atoms with E-state index in [0.29, 0.717) is 16.0 Å². The lowest BCUT2D eigenvalue weighted by Gasteiger charge is -2.09. The number of aromatic nitrogens is 2. The quantitative estimate of drug-likeness (QED) is 0.674. The van der Waals surface area contributed by atoms with E-state index in [2.05, 4.69) is 23.8 Å². The van der Waals surface area contributed by atoms with E-state index in [1.807, 2.05) is 6.07 Å². The van der Waals surface area contributed by atoms with Crippen molar-refractivity contribution < 1.29 is 9.90 Å². The Bertz CT molecular complexity index is 646. The van der Waals surface area contributed by atoms with Crippen LogP contribution < -0.4 is 0 Å². The number of carboxylic acids is 1. The summed E-state index contributed by atoms with van der Waals surface area (Å²) in [6, 6.07) is 5.40. The molecule has 0 atom stereocenters. The van der Waals surface area contributed by atoms with Crippen LogP contribution in [0.2, 0.25) is 5.02 Å². The molecule has 2 aromatic rings. The standard InChI is InChI=1S/C14H15ClN2O2S/c1-8(2)5-12-16-11-4-3-9(15)6-10(11)14(17-12)20-7-13(18)19/h3-4,6,8H,5,7H2,1-2H3,(H,18,19). The predicted octanol–water partition coefficient (Wildman–Crippen LogP) is 3.66. The Morgan fingerprint density at radius 2 is 2.15 bits per heavy atom.